The molecule has 0 unspecified atom stereocenters. The molecule has 0 aliphatic heterocycles. The largest absolute Gasteiger partial charge is 0.506 e. The Bertz CT molecular complexity index is 601. The molecule has 7 nitrogen and oxygen atoms in total. The minimum Gasteiger partial charge on any atom is -0.506 e. The summed E-state index contributed by atoms with van der Waals surface area (Å²) in [6.07, 6.45) is 0.861. The number of hydrogen-bond donors (Lipinski definition) is 2. The lowest BCUT2D eigenvalue weighted by molar-refractivity contribution is -0.138. The van der Waals surface area contributed by atoms with Gasteiger partial charge in [0.15, 0.2) is 0 Å². The van der Waals surface area contributed by atoms with E-state index in [1.54, 1.807) is 0 Å². The van der Waals surface area contributed by atoms with E-state index in [9.17, 15) is 14.7 Å². The van der Waals surface area contributed by atoms with Gasteiger partial charge < -0.3 is 19.9 Å². The average molecular weight is 276 g/mol. The zero-order chi connectivity index (χ0) is 15.1. The molecule has 104 valence electrons. The fourth-order valence-electron chi connectivity index (χ4n) is 1.33. The van der Waals surface area contributed by atoms with Crippen LogP contribution in [0.4, 0.5) is 5.69 Å². The van der Waals surface area contributed by atoms with Crippen LogP contribution in [0.3, 0.4) is 0 Å². The van der Waals surface area contributed by atoms with Crippen molar-refractivity contribution in [3.05, 3.63) is 35.5 Å². The van der Waals surface area contributed by atoms with Crippen LogP contribution in [0.25, 0.3) is 0 Å². The number of methoxy groups -OCH3 is 2. The highest BCUT2D eigenvalue weighted by molar-refractivity contribution is 5.99. The smallest absolute Gasteiger partial charge is 0.354 e. The Morgan fingerprint density at radius 2 is 2.05 bits per heavy atom. The summed E-state index contributed by atoms with van der Waals surface area (Å²) in [4.78, 5) is 22.8. The summed E-state index contributed by atoms with van der Waals surface area (Å²) in [5.41, 5.74) is -0.169. The molecule has 0 atom stereocenters. The zero-order valence-electron chi connectivity index (χ0n) is 10.8. The molecule has 0 aliphatic rings. The van der Waals surface area contributed by atoms with Gasteiger partial charge in [-0.05, 0) is 12.1 Å². The summed E-state index contributed by atoms with van der Waals surface area (Å²) in [5, 5.41) is 21.2. The number of nitrogens with one attached hydrogen (secondary N) is 1. The maximum atomic E-state index is 11.6. The summed E-state index contributed by atoms with van der Waals surface area (Å²) < 4.78 is 8.91. The first kappa shape index (κ1) is 15.0. The van der Waals surface area contributed by atoms with E-state index in [2.05, 4.69) is 14.8 Å². The van der Waals surface area contributed by atoms with Crippen LogP contribution >= 0.6 is 0 Å². The molecule has 1 aromatic carbocycles. The lowest BCUT2D eigenvalue weighted by Gasteiger charge is -2.11. The van der Waals surface area contributed by atoms with Crippen molar-refractivity contribution < 1.29 is 24.2 Å². The molecular weight excluding hydrogens is 264 g/mol. The second-order valence-electron chi connectivity index (χ2n) is 3.51. The lowest BCUT2D eigenvalue weighted by Crippen LogP contribution is -2.16. The average Bonchev–Trinajstić information content (AvgIpc) is 2.47. The van der Waals surface area contributed by atoms with Gasteiger partial charge >= 0.3 is 11.9 Å². The van der Waals surface area contributed by atoms with Crippen LogP contribution < -0.4 is 5.32 Å². The van der Waals surface area contributed by atoms with E-state index in [0.29, 0.717) is 0 Å². The number of phenolic OH excluding ortho intramolecular Hbond substituents is 1. The first-order valence-electron chi connectivity index (χ1n) is 5.40. The number of nitriles is 1. The van der Waals surface area contributed by atoms with Crippen LogP contribution in [0, 0.1) is 11.3 Å². The van der Waals surface area contributed by atoms with Crippen LogP contribution in [0.1, 0.15) is 5.56 Å². The number of hydrogen-bond acceptors (Lipinski definition) is 7. The van der Waals surface area contributed by atoms with E-state index in [4.69, 9.17) is 5.26 Å². The van der Waals surface area contributed by atoms with Gasteiger partial charge in [-0.25, -0.2) is 9.59 Å². The second-order valence-corrected chi connectivity index (χ2v) is 3.51. The molecule has 0 bridgehead atoms. The Morgan fingerprint density at radius 1 is 1.35 bits per heavy atom. The van der Waals surface area contributed by atoms with Gasteiger partial charge in [-0.2, -0.15) is 5.26 Å². The number of carbonyl (C=O) groups is 2. The number of nitrogens with zero attached hydrogens (tertiary/aromatic N) is 1. The van der Waals surface area contributed by atoms with E-state index in [1.807, 2.05) is 6.07 Å². The Balaban J connectivity index is 3.21. The second kappa shape index (κ2) is 6.80. The number of para-hydroxylation sites is 1. The quantitative estimate of drug-likeness (QED) is 0.478. The number of rotatable bonds is 4. The van der Waals surface area contributed by atoms with E-state index in [0.717, 1.165) is 20.3 Å². The molecule has 7 heteroatoms. The molecule has 0 heterocycles. The van der Waals surface area contributed by atoms with Gasteiger partial charge in [0.25, 0.3) is 0 Å². The summed E-state index contributed by atoms with van der Waals surface area (Å²) in [7, 11) is 2.28. The van der Waals surface area contributed by atoms with Crippen molar-refractivity contribution in [1.29, 1.82) is 5.26 Å². The molecule has 0 saturated heterocycles. The summed E-state index contributed by atoms with van der Waals surface area (Å²) in [6, 6.07) is 6.09. The Morgan fingerprint density at radius 3 is 2.60 bits per heavy atom. The molecule has 0 saturated carbocycles. The fourth-order valence-corrected chi connectivity index (χ4v) is 1.33. The maximum absolute atomic E-state index is 11.6. The minimum absolute atomic E-state index is 0.00412. The third-order valence-electron chi connectivity index (χ3n) is 2.29. The molecule has 0 aliphatic carbocycles. The number of phenols is 1. The molecule has 1 aromatic rings. The van der Waals surface area contributed by atoms with Crippen LogP contribution in [0.15, 0.2) is 30.0 Å². The highest BCUT2D eigenvalue weighted by Gasteiger charge is 2.16. The zero-order valence-corrected chi connectivity index (χ0v) is 10.8. The maximum Gasteiger partial charge on any atom is 0.354 e. The number of benzene rings is 1. The van der Waals surface area contributed by atoms with Crippen molar-refractivity contribution >= 4 is 17.6 Å². The molecule has 1 rings (SSSR count). The van der Waals surface area contributed by atoms with Crippen molar-refractivity contribution in [3.8, 4) is 11.8 Å². The van der Waals surface area contributed by atoms with E-state index < -0.39 is 11.9 Å². The predicted octanol–water partition coefficient (Wildman–Crippen LogP) is 0.906. The lowest BCUT2D eigenvalue weighted by atomic mass is 10.1. The molecule has 2 N–H and O–H groups in total. The summed E-state index contributed by atoms with van der Waals surface area (Å²) in [6.45, 7) is 0. The van der Waals surface area contributed by atoms with Gasteiger partial charge in [0.1, 0.15) is 17.5 Å². The highest BCUT2D eigenvalue weighted by atomic mass is 16.5. The van der Waals surface area contributed by atoms with E-state index in [1.165, 1.54) is 18.2 Å². The third kappa shape index (κ3) is 3.49. The van der Waals surface area contributed by atoms with Crippen molar-refractivity contribution in [2.45, 2.75) is 0 Å². The monoisotopic (exact) mass is 276 g/mol. The molecule has 0 radical (unpaired) electrons. The number of anilines is 1. The van der Waals surface area contributed by atoms with Gasteiger partial charge in [0.05, 0.1) is 31.5 Å². The molecular formula is C13H12N2O5. The number of ether oxygens (including phenoxy) is 2. The molecule has 0 fully saturated rings. The Kier molecular flexibility index (Phi) is 5.12. The van der Waals surface area contributed by atoms with Crippen molar-refractivity contribution in [3.63, 3.8) is 0 Å². The fraction of sp³-hybridized carbons (Fsp3) is 0.154. The van der Waals surface area contributed by atoms with Crippen LogP contribution in [-0.2, 0) is 19.1 Å². The SMILES string of the molecule is COC(=O)/C=C(/Nc1c(O)cccc1C#N)C(=O)OC. The molecule has 0 aromatic heterocycles. The van der Waals surface area contributed by atoms with Gasteiger partial charge in [-0.15, -0.1) is 0 Å². The van der Waals surface area contributed by atoms with E-state index >= 15 is 0 Å². The standard InChI is InChI=1S/C13H12N2O5/c1-19-11(17)6-9(13(18)20-2)15-12-8(7-14)4-3-5-10(12)16/h3-6,15-16H,1-2H3/b9-6+. The number of esters is 2. The molecule has 0 spiro atoms. The third-order valence-corrected chi connectivity index (χ3v) is 2.29. The van der Waals surface area contributed by atoms with Gasteiger partial charge in [-0.1, -0.05) is 6.07 Å². The first-order valence-corrected chi connectivity index (χ1v) is 5.40. The number of carbonyl (C=O) groups excluding carboxylic acids is 2. The molecule has 20 heavy (non-hydrogen) atoms. The van der Waals surface area contributed by atoms with Crippen molar-refractivity contribution in [1.82, 2.24) is 0 Å². The minimum atomic E-state index is -0.845. The first-order chi connectivity index (χ1) is 9.53. The van der Waals surface area contributed by atoms with Crippen LogP contribution in [-0.4, -0.2) is 31.3 Å². The molecule has 0 amide bonds. The van der Waals surface area contributed by atoms with Gasteiger partial charge in [0.2, 0.25) is 0 Å². The summed E-state index contributed by atoms with van der Waals surface area (Å²) >= 11 is 0. The van der Waals surface area contributed by atoms with E-state index in [-0.39, 0.29) is 22.7 Å². The van der Waals surface area contributed by atoms with Gasteiger partial charge in [0, 0.05) is 0 Å². The number of aromatic hydroxyl groups is 1. The van der Waals surface area contributed by atoms with Crippen molar-refractivity contribution in [2.24, 2.45) is 0 Å². The van der Waals surface area contributed by atoms with Gasteiger partial charge in [-0.3, -0.25) is 0 Å². The van der Waals surface area contributed by atoms with Crippen molar-refractivity contribution in [2.75, 3.05) is 19.5 Å². The Labute approximate surface area is 115 Å². The predicted molar refractivity (Wildman–Crippen MR) is 68.6 cm³/mol. The normalized spacial score (nSPS) is 10.3. The summed E-state index contributed by atoms with van der Waals surface area (Å²) in [5.74, 6) is -1.88. The highest BCUT2D eigenvalue weighted by Crippen LogP contribution is 2.28. The van der Waals surface area contributed by atoms with Crippen LogP contribution in [0.2, 0.25) is 0 Å². The van der Waals surface area contributed by atoms with Crippen LogP contribution in [0.5, 0.6) is 5.75 Å². The topological polar surface area (TPSA) is 109 Å². The Hall–Kier alpha value is -3.01.